The van der Waals surface area contributed by atoms with Crippen molar-refractivity contribution in [2.24, 2.45) is 0 Å². The zero-order valence-electron chi connectivity index (χ0n) is 20.1. The molecule has 2 unspecified atom stereocenters. The van der Waals surface area contributed by atoms with Crippen molar-refractivity contribution in [1.29, 1.82) is 0 Å². The SMILES string of the molecule is COc1ccc(CCN2C(=O)C(c3ccc(C)c(C)c3)=C(N3CC(C)OC(C)C3)C2=O)cc1. The fourth-order valence-electron chi connectivity index (χ4n) is 4.61. The molecule has 174 valence electrons. The van der Waals surface area contributed by atoms with Crippen LogP contribution in [0.25, 0.3) is 5.57 Å². The van der Waals surface area contributed by atoms with Gasteiger partial charge in [0, 0.05) is 19.6 Å². The molecule has 6 nitrogen and oxygen atoms in total. The molecule has 0 spiro atoms. The Balaban J connectivity index is 1.66. The Morgan fingerprint density at radius 3 is 2.21 bits per heavy atom. The number of imide groups is 1. The number of ether oxygens (including phenoxy) is 2. The number of morpholine rings is 1. The number of aryl methyl sites for hydroxylation is 2. The van der Waals surface area contributed by atoms with E-state index in [4.69, 9.17) is 9.47 Å². The van der Waals surface area contributed by atoms with Gasteiger partial charge in [-0.05, 0) is 68.5 Å². The largest absolute Gasteiger partial charge is 0.497 e. The molecule has 0 bridgehead atoms. The van der Waals surface area contributed by atoms with Crippen LogP contribution in [0.2, 0.25) is 0 Å². The quantitative estimate of drug-likeness (QED) is 0.630. The first-order chi connectivity index (χ1) is 15.8. The van der Waals surface area contributed by atoms with E-state index < -0.39 is 0 Å². The first-order valence-corrected chi connectivity index (χ1v) is 11.5. The van der Waals surface area contributed by atoms with E-state index >= 15 is 0 Å². The summed E-state index contributed by atoms with van der Waals surface area (Å²) in [6, 6.07) is 13.7. The Hall–Kier alpha value is -3.12. The Kier molecular flexibility index (Phi) is 6.56. The molecule has 0 aromatic heterocycles. The summed E-state index contributed by atoms with van der Waals surface area (Å²) >= 11 is 0. The van der Waals surface area contributed by atoms with Crippen molar-refractivity contribution in [2.75, 3.05) is 26.7 Å². The van der Waals surface area contributed by atoms with Crippen LogP contribution in [0, 0.1) is 13.8 Å². The maximum Gasteiger partial charge on any atom is 0.277 e. The molecular weight excluding hydrogens is 416 g/mol. The molecule has 2 heterocycles. The van der Waals surface area contributed by atoms with Gasteiger partial charge in [0.05, 0.1) is 24.9 Å². The first kappa shape index (κ1) is 23.1. The molecule has 0 N–H and O–H groups in total. The minimum absolute atomic E-state index is 0.0153. The number of hydrogen-bond acceptors (Lipinski definition) is 5. The molecule has 2 aromatic rings. The average Bonchev–Trinajstić information content (AvgIpc) is 3.03. The van der Waals surface area contributed by atoms with Crippen molar-refractivity contribution in [3.63, 3.8) is 0 Å². The van der Waals surface area contributed by atoms with Gasteiger partial charge in [-0.2, -0.15) is 0 Å². The highest BCUT2D eigenvalue weighted by Gasteiger charge is 2.42. The highest BCUT2D eigenvalue weighted by Crippen LogP contribution is 2.34. The minimum Gasteiger partial charge on any atom is -0.497 e. The molecule has 1 saturated heterocycles. The fourth-order valence-corrected chi connectivity index (χ4v) is 4.61. The number of carbonyl (C=O) groups is 2. The van der Waals surface area contributed by atoms with Crippen LogP contribution >= 0.6 is 0 Å². The zero-order valence-corrected chi connectivity index (χ0v) is 20.1. The number of hydrogen-bond donors (Lipinski definition) is 0. The molecule has 1 fully saturated rings. The molecular formula is C27H32N2O4. The summed E-state index contributed by atoms with van der Waals surface area (Å²) in [6.07, 6.45) is 0.558. The molecule has 4 rings (SSSR count). The second-order valence-corrected chi connectivity index (χ2v) is 9.04. The van der Waals surface area contributed by atoms with Gasteiger partial charge in [-0.3, -0.25) is 14.5 Å². The van der Waals surface area contributed by atoms with E-state index in [2.05, 4.69) is 0 Å². The van der Waals surface area contributed by atoms with Crippen LogP contribution in [0.15, 0.2) is 48.2 Å². The standard InChI is InChI=1S/C27H32N2O4/c1-17-6-9-22(14-18(17)2)24-25(28-15-19(3)33-20(4)16-28)27(31)29(26(24)30)13-12-21-7-10-23(32-5)11-8-21/h6-11,14,19-20H,12-13,15-16H2,1-5H3. The van der Waals surface area contributed by atoms with E-state index in [1.54, 1.807) is 7.11 Å². The Labute approximate surface area is 195 Å². The lowest BCUT2D eigenvalue weighted by Gasteiger charge is -2.37. The van der Waals surface area contributed by atoms with Crippen LogP contribution in [-0.4, -0.2) is 60.6 Å². The van der Waals surface area contributed by atoms with Gasteiger partial charge in [0.2, 0.25) is 0 Å². The molecule has 2 amide bonds. The summed E-state index contributed by atoms with van der Waals surface area (Å²) in [7, 11) is 1.63. The van der Waals surface area contributed by atoms with E-state index in [-0.39, 0.29) is 24.0 Å². The van der Waals surface area contributed by atoms with E-state index in [1.807, 2.05) is 75.1 Å². The van der Waals surface area contributed by atoms with Crippen LogP contribution in [0.4, 0.5) is 0 Å². The third-order valence-electron chi connectivity index (χ3n) is 6.46. The third kappa shape index (κ3) is 4.67. The molecule has 0 aliphatic carbocycles. The summed E-state index contributed by atoms with van der Waals surface area (Å²) in [5.41, 5.74) is 5.10. The number of amides is 2. The summed E-state index contributed by atoms with van der Waals surface area (Å²) in [4.78, 5) is 30.7. The third-order valence-corrected chi connectivity index (χ3v) is 6.46. The lowest BCUT2D eigenvalue weighted by atomic mass is 9.99. The van der Waals surface area contributed by atoms with Crippen LogP contribution in [0.1, 0.15) is 36.1 Å². The van der Waals surface area contributed by atoms with Crippen molar-refractivity contribution >= 4 is 17.4 Å². The van der Waals surface area contributed by atoms with Crippen LogP contribution < -0.4 is 4.74 Å². The molecule has 2 atom stereocenters. The topological polar surface area (TPSA) is 59.1 Å². The molecule has 33 heavy (non-hydrogen) atoms. The van der Waals surface area contributed by atoms with Gasteiger partial charge in [0.1, 0.15) is 11.4 Å². The summed E-state index contributed by atoms with van der Waals surface area (Å²) in [6.45, 7) is 9.57. The van der Waals surface area contributed by atoms with Gasteiger partial charge in [-0.25, -0.2) is 0 Å². The number of methoxy groups -OCH3 is 1. The van der Waals surface area contributed by atoms with E-state index in [9.17, 15) is 9.59 Å². The Morgan fingerprint density at radius 1 is 0.939 bits per heavy atom. The van der Waals surface area contributed by atoms with Crippen molar-refractivity contribution in [3.05, 3.63) is 70.4 Å². The van der Waals surface area contributed by atoms with Crippen molar-refractivity contribution < 1.29 is 19.1 Å². The lowest BCUT2D eigenvalue weighted by Crippen LogP contribution is -2.47. The monoisotopic (exact) mass is 448 g/mol. The van der Waals surface area contributed by atoms with Crippen molar-refractivity contribution in [3.8, 4) is 5.75 Å². The fraction of sp³-hybridized carbons (Fsp3) is 0.407. The van der Waals surface area contributed by atoms with E-state index in [1.165, 1.54) is 4.90 Å². The molecule has 2 aromatic carbocycles. The highest BCUT2D eigenvalue weighted by molar-refractivity contribution is 6.35. The van der Waals surface area contributed by atoms with Crippen LogP contribution in [-0.2, 0) is 20.7 Å². The zero-order chi connectivity index (χ0) is 23.7. The van der Waals surface area contributed by atoms with E-state index in [0.29, 0.717) is 37.3 Å². The minimum atomic E-state index is -0.224. The molecule has 6 heteroatoms. The molecule has 0 radical (unpaired) electrons. The maximum atomic E-state index is 13.6. The number of benzene rings is 2. The maximum absolute atomic E-state index is 13.6. The number of carbonyl (C=O) groups excluding carboxylic acids is 2. The highest BCUT2D eigenvalue weighted by atomic mass is 16.5. The molecule has 2 aliphatic rings. The van der Waals surface area contributed by atoms with Gasteiger partial charge < -0.3 is 14.4 Å². The molecule has 0 saturated carbocycles. The van der Waals surface area contributed by atoms with Crippen molar-refractivity contribution in [1.82, 2.24) is 9.80 Å². The van der Waals surface area contributed by atoms with Crippen molar-refractivity contribution in [2.45, 2.75) is 46.3 Å². The predicted octanol–water partition coefficient (Wildman–Crippen LogP) is 3.74. The first-order valence-electron chi connectivity index (χ1n) is 11.5. The number of rotatable bonds is 6. The predicted molar refractivity (Wildman–Crippen MR) is 128 cm³/mol. The number of nitrogens with zero attached hydrogens (tertiary/aromatic N) is 2. The van der Waals surface area contributed by atoms with Crippen LogP contribution in [0.3, 0.4) is 0 Å². The van der Waals surface area contributed by atoms with Crippen LogP contribution in [0.5, 0.6) is 5.75 Å². The second-order valence-electron chi connectivity index (χ2n) is 9.04. The normalized spacial score (nSPS) is 21.2. The van der Waals surface area contributed by atoms with E-state index in [0.717, 1.165) is 28.0 Å². The van der Waals surface area contributed by atoms with Gasteiger partial charge >= 0.3 is 0 Å². The summed E-state index contributed by atoms with van der Waals surface area (Å²) in [5, 5.41) is 0. The Bertz CT molecular complexity index is 1080. The lowest BCUT2D eigenvalue weighted by molar-refractivity contribution is -0.138. The summed E-state index contributed by atoms with van der Waals surface area (Å²) < 4.78 is 11.1. The Morgan fingerprint density at radius 2 is 1.61 bits per heavy atom. The summed E-state index contributed by atoms with van der Waals surface area (Å²) in [5.74, 6) is 0.338. The van der Waals surface area contributed by atoms with Gasteiger partial charge in [-0.1, -0.05) is 30.3 Å². The molecule has 2 aliphatic heterocycles. The van der Waals surface area contributed by atoms with Gasteiger partial charge in [0.15, 0.2) is 0 Å². The average molecular weight is 449 g/mol. The second kappa shape index (κ2) is 9.40. The van der Waals surface area contributed by atoms with Gasteiger partial charge in [0.25, 0.3) is 11.8 Å². The van der Waals surface area contributed by atoms with Gasteiger partial charge in [-0.15, -0.1) is 0 Å². The smallest absolute Gasteiger partial charge is 0.277 e.